The number of nitrogens with zero attached hydrogens (tertiary/aromatic N) is 4. The maximum absolute atomic E-state index is 14.5. The van der Waals surface area contributed by atoms with Gasteiger partial charge in [-0.3, -0.25) is 9.59 Å². The highest BCUT2D eigenvalue weighted by Crippen LogP contribution is 2.35. The van der Waals surface area contributed by atoms with Gasteiger partial charge in [0.05, 0.1) is 11.1 Å². The van der Waals surface area contributed by atoms with E-state index in [0.29, 0.717) is 18.7 Å². The van der Waals surface area contributed by atoms with Gasteiger partial charge in [0.15, 0.2) is 5.78 Å². The van der Waals surface area contributed by atoms with Crippen molar-refractivity contribution in [3.05, 3.63) is 35.2 Å². The lowest BCUT2D eigenvalue weighted by Gasteiger charge is -2.42. The molecule has 3 rings (SSSR count). The minimum Gasteiger partial charge on any atom is -0.402 e. The summed E-state index contributed by atoms with van der Waals surface area (Å²) in [5, 5.41) is 8.92. The molecule has 0 aliphatic carbocycles. The number of carbonyl (C=O) groups excluding carboxylic acids is 2. The number of rotatable bonds is 6. The Morgan fingerprint density at radius 3 is 2.37 bits per heavy atom. The number of nitriles is 1. The second-order valence-electron chi connectivity index (χ2n) is 7.93. The topological polar surface area (TPSA) is 103 Å². The van der Waals surface area contributed by atoms with E-state index in [9.17, 15) is 18.4 Å². The summed E-state index contributed by atoms with van der Waals surface area (Å²) in [5.74, 6) is -3.81. The maximum Gasteiger partial charge on any atom is 0.278 e. The van der Waals surface area contributed by atoms with Crippen molar-refractivity contribution in [3.8, 4) is 6.07 Å². The Hall–Kier alpha value is -3.02. The van der Waals surface area contributed by atoms with Crippen molar-refractivity contribution in [2.24, 2.45) is 5.73 Å². The van der Waals surface area contributed by atoms with Crippen LogP contribution in [0, 0.1) is 11.3 Å². The van der Waals surface area contributed by atoms with E-state index in [4.69, 9.17) is 11.0 Å². The van der Waals surface area contributed by atoms with Crippen LogP contribution in [0.25, 0.3) is 0 Å². The average Bonchev–Trinajstić information content (AvgIpc) is 2.94. The number of aromatic nitrogens is 1. The normalized spacial score (nSPS) is 21.8. The molecule has 2 saturated heterocycles. The first kappa shape index (κ1) is 21.7. The fraction of sp³-hybridized carbons (Fsp3) is 0.524. The number of carbonyl (C=O) groups is 2. The summed E-state index contributed by atoms with van der Waals surface area (Å²) in [7, 11) is 0. The summed E-state index contributed by atoms with van der Waals surface area (Å²) in [4.78, 5) is 32.3. The minimum absolute atomic E-state index is 0.0626. The number of likely N-dealkylation sites (tertiary alicyclic amines) is 1. The Balaban J connectivity index is 1.64. The first-order valence-corrected chi connectivity index (χ1v) is 9.92. The molecule has 7 nitrogen and oxygen atoms in total. The van der Waals surface area contributed by atoms with Gasteiger partial charge in [0.1, 0.15) is 11.9 Å². The average molecular weight is 417 g/mol. The van der Waals surface area contributed by atoms with Gasteiger partial charge in [-0.15, -0.1) is 0 Å². The number of allylic oxidation sites excluding steroid dienone is 2. The number of hydrogen-bond donors (Lipinski definition) is 1. The van der Waals surface area contributed by atoms with E-state index in [2.05, 4.69) is 9.88 Å². The van der Waals surface area contributed by atoms with Gasteiger partial charge in [0.25, 0.3) is 5.92 Å². The molecule has 2 bridgehead atoms. The van der Waals surface area contributed by atoms with Crippen LogP contribution in [-0.4, -0.2) is 52.7 Å². The number of Topliss-reactive ketones (excluding diaryl/α,β-unsaturated/α-hetero) is 1. The van der Waals surface area contributed by atoms with Gasteiger partial charge in [-0.25, -0.2) is 13.8 Å². The molecule has 2 N–H and O–H groups in total. The molecule has 1 aromatic heterocycles. The zero-order chi connectivity index (χ0) is 22.1. The number of hydrogen-bond acceptors (Lipinski definition) is 6. The minimum atomic E-state index is -3.44. The lowest BCUT2D eigenvalue weighted by Crippen LogP contribution is -2.55. The van der Waals surface area contributed by atoms with E-state index < -0.39 is 23.7 Å². The van der Waals surface area contributed by atoms with Crippen molar-refractivity contribution >= 4 is 17.5 Å². The van der Waals surface area contributed by atoms with E-state index in [1.165, 1.54) is 13.1 Å². The largest absolute Gasteiger partial charge is 0.402 e. The molecule has 0 saturated carbocycles. The second kappa shape index (κ2) is 8.38. The van der Waals surface area contributed by atoms with E-state index >= 15 is 0 Å². The van der Waals surface area contributed by atoms with Gasteiger partial charge in [-0.05, 0) is 38.8 Å². The summed E-state index contributed by atoms with van der Waals surface area (Å²) < 4.78 is 28.9. The Labute approximate surface area is 174 Å². The predicted molar refractivity (Wildman–Crippen MR) is 107 cm³/mol. The molecule has 160 valence electrons. The zero-order valence-corrected chi connectivity index (χ0v) is 17.1. The van der Waals surface area contributed by atoms with E-state index in [1.54, 1.807) is 17.0 Å². The number of ketones is 1. The van der Waals surface area contributed by atoms with Crippen molar-refractivity contribution in [2.45, 2.75) is 57.5 Å². The Kier molecular flexibility index (Phi) is 6.06. The lowest BCUT2D eigenvalue weighted by molar-refractivity contribution is -0.134. The Morgan fingerprint density at radius 2 is 1.90 bits per heavy atom. The summed E-state index contributed by atoms with van der Waals surface area (Å²) in [6.07, 6.45) is 2.19. The highest BCUT2D eigenvalue weighted by molar-refractivity contribution is 5.95. The third kappa shape index (κ3) is 4.27. The molecule has 0 spiro atoms. The van der Waals surface area contributed by atoms with Crippen LogP contribution in [0.4, 0.5) is 14.6 Å². The summed E-state index contributed by atoms with van der Waals surface area (Å²) >= 11 is 0. The highest BCUT2D eigenvalue weighted by atomic mass is 19.3. The molecule has 3 heterocycles. The summed E-state index contributed by atoms with van der Waals surface area (Å²) in [5.41, 5.74) is 5.00. The number of halogens is 2. The monoisotopic (exact) mass is 417 g/mol. The number of nitrogens with two attached hydrogens (primary N) is 1. The lowest BCUT2D eigenvalue weighted by atomic mass is 9.98. The van der Waals surface area contributed by atoms with Crippen LogP contribution < -0.4 is 10.6 Å². The first-order chi connectivity index (χ1) is 14.1. The third-order valence-corrected chi connectivity index (χ3v) is 5.74. The highest BCUT2D eigenvalue weighted by Gasteiger charge is 2.43. The Morgan fingerprint density at radius 1 is 1.27 bits per heavy atom. The van der Waals surface area contributed by atoms with Gasteiger partial charge in [-0.2, -0.15) is 5.26 Å². The molecule has 2 aliphatic heterocycles. The smallest absolute Gasteiger partial charge is 0.278 e. The summed E-state index contributed by atoms with van der Waals surface area (Å²) in [6, 6.07) is 5.67. The molecule has 2 fully saturated rings. The maximum atomic E-state index is 14.5. The standard InChI is InChI=1S/C21H25F2N5O2/c1-13(25)20(14(2)29)21(22,23)8-7-19(30)27-11-16-4-5-17(12-27)28(16)18-6-3-15(9-24)10-26-18/h3,6,10,16-17H,4-5,7-8,11-12,25H2,1-2H3. The molecular formula is C21H25F2N5O2. The fourth-order valence-electron chi connectivity index (χ4n) is 4.46. The number of fused-ring (bicyclic) bond motifs is 2. The van der Waals surface area contributed by atoms with Gasteiger partial charge in [-0.1, -0.05) is 0 Å². The molecule has 0 aromatic carbocycles. The quantitative estimate of drug-likeness (QED) is 0.713. The van der Waals surface area contributed by atoms with Gasteiger partial charge in [0.2, 0.25) is 5.91 Å². The van der Waals surface area contributed by atoms with Gasteiger partial charge in [0, 0.05) is 49.9 Å². The number of amides is 1. The van der Waals surface area contributed by atoms with Crippen molar-refractivity contribution in [1.29, 1.82) is 5.26 Å². The molecule has 2 aliphatic rings. The number of alkyl halides is 2. The zero-order valence-electron chi connectivity index (χ0n) is 17.1. The molecule has 9 heteroatoms. The molecular weight excluding hydrogens is 392 g/mol. The van der Waals surface area contributed by atoms with Crippen molar-refractivity contribution in [2.75, 3.05) is 18.0 Å². The van der Waals surface area contributed by atoms with Crippen LogP contribution in [0.2, 0.25) is 0 Å². The number of piperazine rings is 1. The third-order valence-electron chi connectivity index (χ3n) is 5.74. The molecule has 1 aromatic rings. The molecule has 2 atom stereocenters. The van der Waals surface area contributed by atoms with Crippen LogP contribution in [0.3, 0.4) is 0 Å². The number of pyridine rings is 1. The van der Waals surface area contributed by atoms with Gasteiger partial charge < -0.3 is 15.5 Å². The van der Waals surface area contributed by atoms with Crippen LogP contribution in [-0.2, 0) is 9.59 Å². The van der Waals surface area contributed by atoms with Crippen LogP contribution in [0.15, 0.2) is 29.6 Å². The van der Waals surface area contributed by atoms with Crippen molar-refractivity contribution < 1.29 is 18.4 Å². The molecule has 0 radical (unpaired) electrons. The SMILES string of the molecule is CC(=O)C(=C(C)N)C(F)(F)CCC(=O)N1CC2CCC(C1)N2c1ccc(C#N)cn1. The first-order valence-electron chi connectivity index (χ1n) is 9.92. The molecule has 2 unspecified atom stereocenters. The van der Waals surface area contributed by atoms with Crippen LogP contribution in [0.5, 0.6) is 0 Å². The predicted octanol–water partition coefficient (Wildman–Crippen LogP) is 2.37. The van der Waals surface area contributed by atoms with E-state index in [1.807, 2.05) is 6.07 Å². The molecule has 1 amide bonds. The molecule has 30 heavy (non-hydrogen) atoms. The second-order valence-corrected chi connectivity index (χ2v) is 7.93. The Bertz CT molecular complexity index is 889. The van der Waals surface area contributed by atoms with Crippen molar-refractivity contribution in [3.63, 3.8) is 0 Å². The van der Waals surface area contributed by atoms with E-state index in [0.717, 1.165) is 25.6 Å². The van der Waals surface area contributed by atoms with E-state index in [-0.39, 0.29) is 30.1 Å². The number of anilines is 1. The summed E-state index contributed by atoms with van der Waals surface area (Å²) in [6.45, 7) is 3.19. The van der Waals surface area contributed by atoms with Crippen LogP contribution >= 0.6 is 0 Å². The van der Waals surface area contributed by atoms with Gasteiger partial charge >= 0.3 is 0 Å². The van der Waals surface area contributed by atoms with Crippen molar-refractivity contribution in [1.82, 2.24) is 9.88 Å². The fourth-order valence-corrected chi connectivity index (χ4v) is 4.46. The van der Waals surface area contributed by atoms with Crippen LogP contribution in [0.1, 0.15) is 45.1 Å².